The molecular formula is C26H30N4O4S. The number of carbonyl (C=O) groups is 2. The van der Waals surface area contributed by atoms with E-state index in [1.807, 2.05) is 17.6 Å². The predicted octanol–water partition coefficient (Wildman–Crippen LogP) is 4.99. The smallest absolute Gasteiger partial charge is 0.339 e. The highest BCUT2D eigenvalue weighted by atomic mass is 32.2. The molecule has 0 aliphatic heterocycles. The summed E-state index contributed by atoms with van der Waals surface area (Å²) in [7, 11) is 1.30. The van der Waals surface area contributed by atoms with E-state index in [1.54, 1.807) is 30.3 Å². The van der Waals surface area contributed by atoms with Crippen molar-refractivity contribution in [2.24, 2.45) is 0 Å². The van der Waals surface area contributed by atoms with Gasteiger partial charge in [0.2, 0.25) is 5.91 Å². The van der Waals surface area contributed by atoms with Gasteiger partial charge in [-0.05, 0) is 42.2 Å². The van der Waals surface area contributed by atoms with E-state index >= 15 is 0 Å². The predicted molar refractivity (Wildman–Crippen MR) is 137 cm³/mol. The van der Waals surface area contributed by atoms with Gasteiger partial charge in [-0.25, -0.2) is 4.79 Å². The minimum Gasteiger partial charge on any atom is -0.485 e. The van der Waals surface area contributed by atoms with Crippen molar-refractivity contribution in [3.8, 4) is 5.75 Å². The number of anilines is 1. The molecule has 0 unspecified atom stereocenters. The zero-order valence-electron chi connectivity index (χ0n) is 20.4. The highest BCUT2D eigenvalue weighted by Gasteiger charge is 2.17. The van der Waals surface area contributed by atoms with Gasteiger partial charge < -0.3 is 14.8 Å². The highest BCUT2D eigenvalue weighted by Crippen LogP contribution is 2.28. The number of benzene rings is 2. The van der Waals surface area contributed by atoms with Gasteiger partial charge in [0.25, 0.3) is 0 Å². The molecule has 0 aliphatic rings. The maximum Gasteiger partial charge on any atom is 0.339 e. The fourth-order valence-corrected chi connectivity index (χ4v) is 4.19. The summed E-state index contributed by atoms with van der Waals surface area (Å²) < 4.78 is 12.8. The minimum absolute atomic E-state index is 0.0843. The Morgan fingerprint density at radius 2 is 1.97 bits per heavy atom. The van der Waals surface area contributed by atoms with E-state index in [1.165, 1.54) is 18.9 Å². The van der Waals surface area contributed by atoms with Crippen LogP contribution in [0.2, 0.25) is 0 Å². The van der Waals surface area contributed by atoms with Crippen LogP contribution < -0.4 is 10.1 Å². The molecule has 1 N–H and O–H groups in total. The second-order valence-corrected chi connectivity index (χ2v) is 9.10. The van der Waals surface area contributed by atoms with Gasteiger partial charge in [-0.2, -0.15) is 0 Å². The summed E-state index contributed by atoms with van der Waals surface area (Å²) in [5.74, 6) is 1.08. The molecule has 0 saturated heterocycles. The second kappa shape index (κ2) is 12.2. The summed E-state index contributed by atoms with van der Waals surface area (Å²) in [6, 6.07) is 12.9. The van der Waals surface area contributed by atoms with Crippen LogP contribution in [0.1, 0.15) is 47.1 Å². The van der Waals surface area contributed by atoms with Gasteiger partial charge in [0, 0.05) is 6.54 Å². The summed E-state index contributed by atoms with van der Waals surface area (Å²) in [5.41, 5.74) is 2.93. The van der Waals surface area contributed by atoms with Crippen LogP contribution >= 0.6 is 11.8 Å². The van der Waals surface area contributed by atoms with Crippen molar-refractivity contribution in [2.45, 2.75) is 45.0 Å². The molecule has 0 radical (unpaired) electrons. The van der Waals surface area contributed by atoms with Crippen molar-refractivity contribution < 1.29 is 19.1 Å². The lowest BCUT2D eigenvalue weighted by Gasteiger charge is -2.15. The lowest BCUT2D eigenvalue weighted by atomic mass is 10.0. The Bertz CT molecular complexity index is 1210. The van der Waals surface area contributed by atoms with E-state index in [9.17, 15) is 9.59 Å². The summed E-state index contributed by atoms with van der Waals surface area (Å²) >= 11 is 1.25. The molecule has 3 aromatic rings. The van der Waals surface area contributed by atoms with E-state index < -0.39 is 5.97 Å². The van der Waals surface area contributed by atoms with Crippen LogP contribution in [0.4, 0.5) is 5.69 Å². The van der Waals surface area contributed by atoms with Crippen LogP contribution in [0.3, 0.4) is 0 Å². The molecule has 9 heteroatoms. The van der Waals surface area contributed by atoms with Crippen molar-refractivity contribution in [2.75, 3.05) is 18.2 Å². The number of hydrogen-bond donors (Lipinski definition) is 1. The largest absolute Gasteiger partial charge is 0.485 e. The molecule has 1 amide bonds. The number of hydrogen-bond acceptors (Lipinski definition) is 7. The van der Waals surface area contributed by atoms with Gasteiger partial charge in [-0.15, -0.1) is 16.8 Å². The van der Waals surface area contributed by atoms with Crippen LogP contribution in [0.25, 0.3) is 0 Å². The molecule has 8 nitrogen and oxygen atoms in total. The van der Waals surface area contributed by atoms with Gasteiger partial charge in [0.05, 0.1) is 24.1 Å². The molecular weight excluding hydrogens is 464 g/mol. The van der Waals surface area contributed by atoms with Crippen LogP contribution in [0.15, 0.2) is 60.3 Å². The summed E-state index contributed by atoms with van der Waals surface area (Å²) in [6.45, 7) is 10.8. The van der Waals surface area contributed by atoms with E-state index in [2.05, 4.69) is 48.1 Å². The molecule has 0 fully saturated rings. The first-order chi connectivity index (χ1) is 16.8. The topological polar surface area (TPSA) is 95.3 Å². The molecule has 0 saturated carbocycles. The van der Waals surface area contributed by atoms with Gasteiger partial charge in [0.15, 0.2) is 11.0 Å². The Morgan fingerprint density at radius 3 is 2.69 bits per heavy atom. The Hall–Kier alpha value is -3.59. The Morgan fingerprint density at radius 1 is 1.20 bits per heavy atom. The quantitative estimate of drug-likeness (QED) is 0.228. The lowest BCUT2D eigenvalue weighted by molar-refractivity contribution is -0.113. The number of aromatic nitrogens is 3. The van der Waals surface area contributed by atoms with E-state index in [4.69, 9.17) is 9.47 Å². The first-order valence-electron chi connectivity index (χ1n) is 11.2. The van der Waals surface area contributed by atoms with E-state index in [0.717, 1.165) is 16.9 Å². The monoisotopic (exact) mass is 494 g/mol. The van der Waals surface area contributed by atoms with Crippen LogP contribution in [0.5, 0.6) is 5.75 Å². The zero-order valence-corrected chi connectivity index (χ0v) is 21.2. The van der Waals surface area contributed by atoms with Crippen LogP contribution in [-0.2, 0) is 22.7 Å². The third-order valence-electron chi connectivity index (χ3n) is 5.19. The van der Waals surface area contributed by atoms with Gasteiger partial charge in [0.1, 0.15) is 12.4 Å². The molecule has 2 aromatic carbocycles. The van der Waals surface area contributed by atoms with E-state index in [0.29, 0.717) is 34.7 Å². The van der Waals surface area contributed by atoms with Gasteiger partial charge in [-0.1, -0.05) is 56.0 Å². The van der Waals surface area contributed by atoms with E-state index in [-0.39, 0.29) is 18.3 Å². The number of esters is 1. The molecule has 184 valence electrons. The maximum absolute atomic E-state index is 12.6. The number of rotatable bonds is 11. The average Bonchev–Trinajstić information content (AvgIpc) is 3.22. The molecule has 3 rings (SSSR count). The molecule has 35 heavy (non-hydrogen) atoms. The van der Waals surface area contributed by atoms with Crippen molar-refractivity contribution in [1.29, 1.82) is 0 Å². The number of para-hydroxylation sites is 1. The summed E-state index contributed by atoms with van der Waals surface area (Å²) in [5, 5.41) is 11.9. The van der Waals surface area contributed by atoms with Crippen molar-refractivity contribution in [3.63, 3.8) is 0 Å². The Balaban J connectivity index is 1.69. The Labute approximate surface area is 209 Å². The van der Waals surface area contributed by atoms with Crippen LogP contribution in [0, 0.1) is 6.92 Å². The molecule has 1 heterocycles. The maximum atomic E-state index is 12.6. The molecule has 0 spiro atoms. The standard InChI is InChI=1S/C26H30N4O4S/c1-6-13-30-23(15-34-22-14-18(4)11-12-19(22)17(2)3)28-29-26(30)35-16-24(31)27-21-10-8-7-9-20(21)25(32)33-5/h6-12,14,17H,1,13,15-16H2,2-5H3,(H,27,31). The van der Waals surface area contributed by atoms with Gasteiger partial charge >= 0.3 is 5.97 Å². The number of amides is 1. The first-order valence-corrected chi connectivity index (χ1v) is 12.2. The summed E-state index contributed by atoms with van der Waals surface area (Å²) in [6.07, 6.45) is 1.75. The summed E-state index contributed by atoms with van der Waals surface area (Å²) in [4.78, 5) is 24.5. The highest BCUT2D eigenvalue weighted by molar-refractivity contribution is 7.99. The number of nitrogens with zero attached hydrogens (tertiary/aromatic N) is 3. The Kier molecular flexibility index (Phi) is 9.08. The third kappa shape index (κ3) is 6.73. The van der Waals surface area contributed by atoms with Crippen molar-refractivity contribution in [3.05, 3.63) is 77.6 Å². The normalized spacial score (nSPS) is 10.8. The fourth-order valence-electron chi connectivity index (χ4n) is 3.43. The molecule has 0 atom stereocenters. The average molecular weight is 495 g/mol. The molecule has 1 aromatic heterocycles. The van der Waals surface area contributed by atoms with Gasteiger partial charge in [-0.3, -0.25) is 9.36 Å². The zero-order chi connectivity index (χ0) is 25.4. The second-order valence-electron chi connectivity index (χ2n) is 8.16. The number of thioether (sulfide) groups is 1. The number of carbonyl (C=O) groups excluding carboxylic acids is 2. The lowest BCUT2D eigenvalue weighted by Crippen LogP contribution is -2.17. The third-order valence-corrected chi connectivity index (χ3v) is 6.16. The first kappa shape index (κ1) is 26.0. The number of aryl methyl sites for hydroxylation is 1. The number of allylic oxidation sites excluding steroid dienone is 1. The molecule has 0 bridgehead atoms. The number of methoxy groups -OCH3 is 1. The number of nitrogens with one attached hydrogen (secondary N) is 1. The van der Waals surface area contributed by atoms with Crippen LogP contribution in [-0.4, -0.2) is 39.5 Å². The number of ether oxygens (including phenoxy) is 2. The molecule has 0 aliphatic carbocycles. The SMILES string of the molecule is C=CCn1c(COc2cc(C)ccc2C(C)C)nnc1SCC(=O)Nc1ccccc1C(=O)OC. The minimum atomic E-state index is -0.516. The fraction of sp³-hybridized carbons (Fsp3) is 0.308. The van der Waals surface area contributed by atoms with Crippen molar-refractivity contribution >= 4 is 29.3 Å². The van der Waals surface area contributed by atoms with Crippen molar-refractivity contribution in [1.82, 2.24) is 14.8 Å².